The largest absolute Gasteiger partial charge is 0.479 e. The topological polar surface area (TPSA) is 75.6 Å². The van der Waals surface area contributed by atoms with Gasteiger partial charge in [0.1, 0.15) is 5.54 Å². The number of benzene rings is 1. The second-order valence-electron chi connectivity index (χ2n) is 7.30. The number of hydrogen-bond donors (Lipinski definition) is 2. The molecule has 0 aliphatic heterocycles. The zero-order valence-electron chi connectivity index (χ0n) is 15.6. The standard InChI is InChI=1S/C20H29NO4/c1-5-14-7-9-15(10-8-14)11-12-17(22)21-20(18(23)24)13-16(25-6-2)19(20,3)4/h7-10,16H,5-6,11-13H2,1-4H3,(H,21,22)(H,23,24). The molecule has 2 atom stereocenters. The lowest BCUT2D eigenvalue weighted by molar-refractivity contribution is -0.194. The summed E-state index contributed by atoms with van der Waals surface area (Å²) in [5, 5.41) is 12.5. The Labute approximate surface area is 149 Å². The zero-order valence-corrected chi connectivity index (χ0v) is 15.6. The lowest BCUT2D eigenvalue weighted by Crippen LogP contribution is -2.76. The molecule has 138 valence electrons. The van der Waals surface area contributed by atoms with E-state index in [0.717, 1.165) is 12.0 Å². The van der Waals surface area contributed by atoms with Gasteiger partial charge in [0.25, 0.3) is 0 Å². The third-order valence-corrected chi connectivity index (χ3v) is 5.55. The van der Waals surface area contributed by atoms with Crippen molar-refractivity contribution in [1.82, 2.24) is 5.32 Å². The minimum atomic E-state index is -1.25. The van der Waals surface area contributed by atoms with Crippen LogP contribution in [0.15, 0.2) is 24.3 Å². The van der Waals surface area contributed by atoms with Crippen molar-refractivity contribution in [2.75, 3.05) is 6.61 Å². The van der Waals surface area contributed by atoms with Crippen molar-refractivity contribution in [2.45, 2.75) is 65.0 Å². The van der Waals surface area contributed by atoms with Crippen LogP contribution in [-0.4, -0.2) is 35.2 Å². The molecular formula is C20H29NO4. The average Bonchev–Trinajstić information content (AvgIpc) is 2.59. The number of carboxylic acid groups (broad SMARTS) is 1. The molecule has 0 saturated heterocycles. The van der Waals surface area contributed by atoms with Crippen LogP contribution >= 0.6 is 0 Å². The molecule has 2 unspecified atom stereocenters. The fourth-order valence-corrected chi connectivity index (χ4v) is 3.54. The van der Waals surface area contributed by atoms with Crippen molar-refractivity contribution >= 4 is 11.9 Å². The van der Waals surface area contributed by atoms with E-state index in [2.05, 4.69) is 24.4 Å². The van der Waals surface area contributed by atoms with Crippen molar-refractivity contribution < 1.29 is 19.4 Å². The van der Waals surface area contributed by atoms with Gasteiger partial charge in [-0.15, -0.1) is 0 Å². The summed E-state index contributed by atoms with van der Waals surface area (Å²) < 4.78 is 5.62. The highest BCUT2D eigenvalue weighted by Gasteiger charge is 2.66. The predicted octanol–water partition coefficient (Wildman–Crippen LogP) is 2.96. The number of carboxylic acids is 1. The van der Waals surface area contributed by atoms with E-state index in [1.807, 2.05) is 32.9 Å². The van der Waals surface area contributed by atoms with Crippen molar-refractivity contribution in [3.63, 3.8) is 0 Å². The first kappa shape index (κ1) is 19.4. The van der Waals surface area contributed by atoms with E-state index in [1.165, 1.54) is 5.56 Å². The summed E-state index contributed by atoms with van der Waals surface area (Å²) in [6.07, 6.45) is 2.00. The highest BCUT2D eigenvalue weighted by Crippen LogP contribution is 2.51. The van der Waals surface area contributed by atoms with Crippen LogP contribution in [0, 0.1) is 5.41 Å². The van der Waals surface area contributed by atoms with Gasteiger partial charge < -0.3 is 15.2 Å². The highest BCUT2D eigenvalue weighted by molar-refractivity contribution is 5.89. The molecular weight excluding hydrogens is 318 g/mol. The molecule has 2 N–H and O–H groups in total. The molecule has 5 heteroatoms. The lowest BCUT2D eigenvalue weighted by Gasteiger charge is -2.58. The SMILES string of the molecule is CCOC1CC(NC(=O)CCc2ccc(CC)cc2)(C(=O)O)C1(C)C. The Bertz CT molecular complexity index is 623. The zero-order chi connectivity index (χ0) is 18.7. The maximum Gasteiger partial charge on any atom is 0.330 e. The molecule has 2 rings (SSSR count). The Hall–Kier alpha value is -1.88. The number of aryl methyl sites for hydroxylation is 2. The summed E-state index contributed by atoms with van der Waals surface area (Å²) in [4.78, 5) is 24.3. The van der Waals surface area contributed by atoms with Crippen LogP contribution < -0.4 is 5.32 Å². The molecule has 5 nitrogen and oxygen atoms in total. The number of amides is 1. The molecule has 0 spiro atoms. The van der Waals surface area contributed by atoms with Crippen molar-refractivity contribution in [2.24, 2.45) is 5.41 Å². The predicted molar refractivity (Wildman–Crippen MR) is 96.5 cm³/mol. The number of aliphatic carboxylic acids is 1. The van der Waals surface area contributed by atoms with E-state index in [4.69, 9.17) is 4.74 Å². The van der Waals surface area contributed by atoms with Crippen LogP contribution in [0.4, 0.5) is 0 Å². The third-order valence-electron chi connectivity index (χ3n) is 5.55. The van der Waals surface area contributed by atoms with E-state index >= 15 is 0 Å². The quantitative estimate of drug-likeness (QED) is 0.758. The van der Waals surface area contributed by atoms with Gasteiger partial charge in [-0.2, -0.15) is 0 Å². The summed E-state index contributed by atoms with van der Waals surface area (Å²) in [6.45, 7) is 8.21. The van der Waals surface area contributed by atoms with Crippen molar-refractivity contribution in [3.05, 3.63) is 35.4 Å². The number of carbonyl (C=O) groups excluding carboxylic acids is 1. The molecule has 1 saturated carbocycles. The van der Waals surface area contributed by atoms with Gasteiger partial charge in [0.15, 0.2) is 0 Å². The Kier molecular flexibility index (Phi) is 5.88. The fourth-order valence-electron chi connectivity index (χ4n) is 3.54. The first-order valence-electron chi connectivity index (χ1n) is 9.00. The smallest absolute Gasteiger partial charge is 0.330 e. The molecule has 1 aliphatic rings. The normalized spacial score (nSPS) is 24.4. The second-order valence-corrected chi connectivity index (χ2v) is 7.30. The van der Waals surface area contributed by atoms with E-state index in [1.54, 1.807) is 0 Å². The van der Waals surface area contributed by atoms with Gasteiger partial charge in [0, 0.05) is 24.9 Å². The summed E-state index contributed by atoms with van der Waals surface area (Å²) in [6, 6.07) is 8.18. The number of ether oxygens (including phenoxy) is 1. The summed E-state index contributed by atoms with van der Waals surface area (Å²) in [5.41, 5.74) is 0.441. The first-order valence-corrected chi connectivity index (χ1v) is 9.00. The number of rotatable bonds is 8. The van der Waals surface area contributed by atoms with Crippen LogP contribution in [0.3, 0.4) is 0 Å². The maximum absolute atomic E-state index is 12.4. The molecule has 25 heavy (non-hydrogen) atoms. The lowest BCUT2D eigenvalue weighted by atomic mass is 9.54. The maximum atomic E-state index is 12.4. The first-order chi connectivity index (χ1) is 11.8. The summed E-state index contributed by atoms with van der Waals surface area (Å²) in [7, 11) is 0. The third kappa shape index (κ3) is 3.71. The van der Waals surface area contributed by atoms with Crippen LogP contribution in [0.5, 0.6) is 0 Å². The Morgan fingerprint density at radius 1 is 1.20 bits per heavy atom. The van der Waals surface area contributed by atoms with Crippen molar-refractivity contribution in [1.29, 1.82) is 0 Å². The Morgan fingerprint density at radius 3 is 2.28 bits per heavy atom. The second kappa shape index (κ2) is 7.56. The van der Waals surface area contributed by atoms with Gasteiger partial charge in [-0.25, -0.2) is 4.79 Å². The molecule has 1 amide bonds. The molecule has 0 bridgehead atoms. The molecule has 0 aromatic heterocycles. The van der Waals surface area contributed by atoms with E-state index in [0.29, 0.717) is 19.4 Å². The number of nitrogens with one attached hydrogen (secondary N) is 1. The Morgan fingerprint density at radius 2 is 1.80 bits per heavy atom. The minimum Gasteiger partial charge on any atom is -0.479 e. The van der Waals surface area contributed by atoms with Crippen LogP contribution in [0.2, 0.25) is 0 Å². The Balaban J connectivity index is 1.98. The molecule has 1 aromatic carbocycles. The van der Waals surface area contributed by atoms with Gasteiger partial charge in [0.05, 0.1) is 6.10 Å². The molecule has 0 heterocycles. The highest BCUT2D eigenvalue weighted by atomic mass is 16.5. The van der Waals surface area contributed by atoms with Crippen molar-refractivity contribution in [3.8, 4) is 0 Å². The monoisotopic (exact) mass is 347 g/mol. The van der Waals surface area contributed by atoms with Gasteiger partial charge in [-0.3, -0.25) is 4.79 Å². The van der Waals surface area contributed by atoms with Gasteiger partial charge in [-0.1, -0.05) is 45.0 Å². The van der Waals surface area contributed by atoms with E-state index in [9.17, 15) is 14.7 Å². The summed E-state index contributed by atoms with van der Waals surface area (Å²) >= 11 is 0. The van der Waals surface area contributed by atoms with Gasteiger partial charge in [0.2, 0.25) is 5.91 Å². The minimum absolute atomic E-state index is 0.157. The van der Waals surface area contributed by atoms with Gasteiger partial charge in [-0.05, 0) is 30.9 Å². The van der Waals surface area contributed by atoms with Gasteiger partial charge >= 0.3 is 5.97 Å². The average molecular weight is 347 g/mol. The van der Waals surface area contributed by atoms with Crippen LogP contribution in [-0.2, 0) is 27.2 Å². The number of hydrogen-bond acceptors (Lipinski definition) is 3. The number of carbonyl (C=O) groups is 2. The summed E-state index contributed by atoms with van der Waals surface area (Å²) in [5.74, 6) is -1.22. The fraction of sp³-hybridized carbons (Fsp3) is 0.600. The van der Waals surface area contributed by atoms with E-state index < -0.39 is 16.9 Å². The van der Waals surface area contributed by atoms with E-state index in [-0.39, 0.29) is 18.4 Å². The molecule has 1 aromatic rings. The molecule has 1 aliphatic carbocycles. The molecule has 0 radical (unpaired) electrons. The molecule has 1 fully saturated rings. The van der Waals surface area contributed by atoms with Crippen LogP contribution in [0.1, 0.15) is 51.7 Å². The van der Waals surface area contributed by atoms with Crippen LogP contribution in [0.25, 0.3) is 0 Å².